The van der Waals surface area contributed by atoms with Gasteiger partial charge in [0.05, 0.1) is 0 Å². The van der Waals surface area contributed by atoms with Gasteiger partial charge in [-0.2, -0.15) is 0 Å². The van der Waals surface area contributed by atoms with Crippen LogP contribution in [0.25, 0.3) is 0 Å². The predicted octanol–water partition coefficient (Wildman–Crippen LogP) is 1.94. The van der Waals surface area contributed by atoms with Crippen LogP contribution in [0.1, 0.15) is 35.7 Å². The lowest BCUT2D eigenvalue weighted by molar-refractivity contribution is -0.137. The number of carbonyl (C=O) groups is 2. The van der Waals surface area contributed by atoms with E-state index < -0.39 is 5.97 Å². The Balaban J connectivity index is 2.24. The second-order valence-corrected chi connectivity index (χ2v) is 4.57. The third-order valence-corrected chi connectivity index (χ3v) is 3.18. The number of nitrogens with zero attached hydrogens (tertiary/aromatic N) is 1. The van der Waals surface area contributed by atoms with Gasteiger partial charge >= 0.3 is 5.97 Å². The molecule has 4 nitrogen and oxygen atoms in total. The molecule has 0 heterocycles. The maximum Gasteiger partial charge on any atom is 0.323 e. The molecule has 4 heteroatoms. The van der Waals surface area contributed by atoms with Crippen molar-refractivity contribution in [2.75, 3.05) is 6.54 Å². The van der Waals surface area contributed by atoms with E-state index >= 15 is 0 Å². The minimum atomic E-state index is -0.954. The van der Waals surface area contributed by atoms with E-state index in [9.17, 15) is 9.59 Å². The van der Waals surface area contributed by atoms with Crippen LogP contribution >= 0.6 is 0 Å². The van der Waals surface area contributed by atoms with E-state index in [0.29, 0.717) is 5.56 Å². The van der Waals surface area contributed by atoms with E-state index in [1.807, 2.05) is 25.1 Å². The molecule has 18 heavy (non-hydrogen) atoms. The van der Waals surface area contributed by atoms with Gasteiger partial charge < -0.3 is 10.0 Å². The van der Waals surface area contributed by atoms with Crippen molar-refractivity contribution < 1.29 is 14.7 Å². The molecule has 1 aliphatic rings. The highest BCUT2D eigenvalue weighted by Gasteiger charge is 2.34. The van der Waals surface area contributed by atoms with Gasteiger partial charge in [0.1, 0.15) is 6.54 Å². The van der Waals surface area contributed by atoms with E-state index in [0.717, 1.165) is 24.8 Å². The van der Waals surface area contributed by atoms with Crippen LogP contribution in [0.3, 0.4) is 0 Å². The monoisotopic (exact) mass is 247 g/mol. The summed E-state index contributed by atoms with van der Waals surface area (Å²) in [7, 11) is 0. The summed E-state index contributed by atoms with van der Waals surface area (Å²) < 4.78 is 0. The van der Waals surface area contributed by atoms with Crippen molar-refractivity contribution in [3.63, 3.8) is 0 Å². The highest BCUT2D eigenvalue weighted by Crippen LogP contribution is 2.28. The average molecular weight is 247 g/mol. The molecule has 0 bridgehead atoms. The van der Waals surface area contributed by atoms with Crippen LogP contribution in [0.4, 0.5) is 0 Å². The van der Waals surface area contributed by atoms with Gasteiger partial charge in [0.2, 0.25) is 0 Å². The first-order valence-corrected chi connectivity index (χ1v) is 6.24. The number of carboxylic acids is 1. The fraction of sp³-hybridized carbons (Fsp3) is 0.429. The molecular weight excluding hydrogens is 230 g/mol. The Morgan fingerprint density at radius 2 is 2.00 bits per heavy atom. The molecule has 0 saturated heterocycles. The molecule has 1 fully saturated rings. The second kappa shape index (κ2) is 5.21. The van der Waals surface area contributed by atoms with E-state index in [1.54, 1.807) is 6.07 Å². The normalized spacial score (nSPS) is 14.3. The second-order valence-electron chi connectivity index (χ2n) is 4.57. The van der Waals surface area contributed by atoms with Crippen molar-refractivity contribution in [3.05, 3.63) is 35.4 Å². The smallest absolute Gasteiger partial charge is 0.323 e. The highest BCUT2D eigenvalue weighted by molar-refractivity contribution is 5.97. The van der Waals surface area contributed by atoms with Gasteiger partial charge in [0.25, 0.3) is 5.91 Å². The Hall–Kier alpha value is -1.84. The largest absolute Gasteiger partial charge is 0.480 e. The van der Waals surface area contributed by atoms with E-state index in [-0.39, 0.29) is 18.5 Å². The van der Waals surface area contributed by atoms with Crippen LogP contribution < -0.4 is 0 Å². The Labute approximate surface area is 106 Å². The van der Waals surface area contributed by atoms with Crippen molar-refractivity contribution in [1.82, 2.24) is 4.90 Å². The summed E-state index contributed by atoms with van der Waals surface area (Å²) in [6.45, 7) is 1.78. The highest BCUT2D eigenvalue weighted by atomic mass is 16.4. The summed E-state index contributed by atoms with van der Waals surface area (Å²) in [6.07, 6.45) is 2.59. The van der Waals surface area contributed by atoms with E-state index in [4.69, 9.17) is 5.11 Å². The van der Waals surface area contributed by atoms with Gasteiger partial charge in [-0.1, -0.05) is 25.1 Å². The molecule has 0 atom stereocenters. The summed E-state index contributed by atoms with van der Waals surface area (Å²) in [5, 5.41) is 8.89. The van der Waals surface area contributed by atoms with Gasteiger partial charge in [-0.25, -0.2) is 0 Å². The number of carboxylic acid groups (broad SMARTS) is 1. The zero-order valence-electron chi connectivity index (χ0n) is 10.4. The number of carbonyl (C=O) groups excluding carboxylic acids is 1. The maximum absolute atomic E-state index is 12.4. The Kier molecular flexibility index (Phi) is 3.65. The lowest BCUT2D eigenvalue weighted by Gasteiger charge is -2.21. The quantitative estimate of drug-likeness (QED) is 0.865. The Morgan fingerprint density at radius 3 is 2.56 bits per heavy atom. The summed E-state index contributed by atoms with van der Waals surface area (Å²) in [5.74, 6) is -1.11. The molecule has 1 saturated carbocycles. The van der Waals surface area contributed by atoms with Crippen LogP contribution in [0.15, 0.2) is 24.3 Å². The molecule has 0 spiro atoms. The van der Waals surface area contributed by atoms with Gasteiger partial charge in [0.15, 0.2) is 0 Å². The molecule has 1 N–H and O–H groups in total. The average Bonchev–Trinajstić information content (AvgIpc) is 3.19. The van der Waals surface area contributed by atoms with Crippen LogP contribution in [-0.2, 0) is 11.2 Å². The fourth-order valence-corrected chi connectivity index (χ4v) is 2.09. The van der Waals surface area contributed by atoms with Crippen molar-refractivity contribution in [2.45, 2.75) is 32.2 Å². The van der Waals surface area contributed by atoms with Gasteiger partial charge in [-0.05, 0) is 30.9 Å². The molecule has 0 aromatic heterocycles. The summed E-state index contributed by atoms with van der Waals surface area (Å²) in [4.78, 5) is 24.7. The predicted molar refractivity (Wildman–Crippen MR) is 67.5 cm³/mol. The van der Waals surface area contributed by atoms with Gasteiger partial charge in [-0.15, -0.1) is 0 Å². The fourth-order valence-electron chi connectivity index (χ4n) is 2.09. The summed E-state index contributed by atoms with van der Waals surface area (Å²) in [6, 6.07) is 7.52. The molecule has 96 valence electrons. The molecule has 1 aromatic rings. The van der Waals surface area contributed by atoms with Crippen molar-refractivity contribution in [2.24, 2.45) is 0 Å². The van der Waals surface area contributed by atoms with Crippen LogP contribution in [0, 0.1) is 0 Å². The summed E-state index contributed by atoms with van der Waals surface area (Å²) in [5.41, 5.74) is 1.60. The zero-order valence-corrected chi connectivity index (χ0v) is 10.4. The molecule has 1 amide bonds. The van der Waals surface area contributed by atoms with Crippen molar-refractivity contribution >= 4 is 11.9 Å². The lowest BCUT2D eigenvalue weighted by Crippen LogP contribution is -2.37. The third kappa shape index (κ3) is 2.70. The van der Waals surface area contributed by atoms with Crippen molar-refractivity contribution in [3.8, 4) is 0 Å². The molecule has 1 aliphatic carbocycles. The summed E-state index contributed by atoms with van der Waals surface area (Å²) >= 11 is 0. The number of hydrogen-bond acceptors (Lipinski definition) is 2. The number of amides is 1. The van der Waals surface area contributed by atoms with E-state index in [2.05, 4.69) is 0 Å². The minimum Gasteiger partial charge on any atom is -0.480 e. The molecule has 0 radical (unpaired) electrons. The van der Waals surface area contributed by atoms with Crippen LogP contribution in [-0.4, -0.2) is 34.5 Å². The maximum atomic E-state index is 12.4. The minimum absolute atomic E-state index is 0.110. The lowest BCUT2D eigenvalue weighted by atomic mass is 10.0. The van der Waals surface area contributed by atoms with Crippen LogP contribution in [0.5, 0.6) is 0 Å². The number of benzene rings is 1. The third-order valence-electron chi connectivity index (χ3n) is 3.18. The van der Waals surface area contributed by atoms with Crippen molar-refractivity contribution in [1.29, 1.82) is 0 Å². The Bertz CT molecular complexity index is 466. The number of aryl methyl sites for hydroxylation is 1. The Morgan fingerprint density at radius 1 is 1.33 bits per heavy atom. The topological polar surface area (TPSA) is 57.6 Å². The van der Waals surface area contributed by atoms with Gasteiger partial charge in [-0.3, -0.25) is 9.59 Å². The molecule has 1 aromatic carbocycles. The number of aliphatic carboxylic acids is 1. The van der Waals surface area contributed by atoms with Gasteiger partial charge in [0, 0.05) is 11.6 Å². The molecule has 0 unspecified atom stereocenters. The number of rotatable bonds is 5. The zero-order chi connectivity index (χ0) is 13.1. The first kappa shape index (κ1) is 12.6. The molecule has 0 aliphatic heterocycles. The van der Waals surface area contributed by atoms with E-state index in [1.165, 1.54) is 4.90 Å². The first-order valence-electron chi connectivity index (χ1n) is 6.24. The number of hydrogen-bond donors (Lipinski definition) is 1. The van der Waals surface area contributed by atoms with Crippen LogP contribution in [0.2, 0.25) is 0 Å². The SMILES string of the molecule is CCc1ccccc1C(=O)N(CC(=O)O)C1CC1. The molecular formula is C14H17NO3. The molecule has 2 rings (SSSR count). The first-order chi connectivity index (χ1) is 8.63. The standard InChI is InChI=1S/C14H17NO3/c1-2-10-5-3-4-6-12(10)14(18)15(9-13(16)17)11-7-8-11/h3-6,11H,2,7-9H2,1H3,(H,16,17).